The fourth-order valence-corrected chi connectivity index (χ4v) is 3.00. The number of aryl methyl sites for hydroxylation is 1. The Labute approximate surface area is 76.4 Å². The summed E-state index contributed by atoms with van der Waals surface area (Å²) in [5.74, 6) is 0. The van der Waals surface area contributed by atoms with E-state index in [-0.39, 0.29) is 4.21 Å². The molecular formula is C5H4BrFO2S2. The molecule has 1 aromatic rings. The molecular weight excluding hydrogens is 255 g/mol. The van der Waals surface area contributed by atoms with Crippen molar-refractivity contribution < 1.29 is 12.3 Å². The SMILES string of the molecule is Cc1sc(S(=O)(=O)F)cc1Br. The van der Waals surface area contributed by atoms with Crippen molar-refractivity contribution in [1.82, 2.24) is 0 Å². The zero-order valence-corrected chi connectivity index (χ0v) is 8.69. The van der Waals surface area contributed by atoms with Crippen LogP contribution in [0, 0.1) is 6.92 Å². The molecule has 0 saturated carbocycles. The molecule has 0 unspecified atom stereocenters. The number of rotatable bonds is 1. The molecule has 1 rings (SSSR count). The maximum Gasteiger partial charge on any atom is 0.341 e. The maximum absolute atomic E-state index is 12.3. The first kappa shape index (κ1) is 9.15. The van der Waals surface area contributed by atoms with E-state index in [1.54, 1.807) is 6.92 Å². The van der Waals surface area contributed by atoms with Crippen LogP contribution < -0.4 is 0 Å². The molecule has 0 aliphatic carbocycles. The van der Waals surface area contributed by atoms with Crippen LogP contribution in [-0.4, -0.2) is 8.42 Å². The average molecular weight is 259 g/mol. The summed E-state index contributed by atoms with van der Waals surface area (Å²) in [7, 11) is -4.52. The van der Waals surface area contributed by atoms with Gasteiger partial charge in [-0.1, -0.05) is 3.89 Å². The Morgan fingerprint density at radius 3 is 2.36 bits per heavy atom. The van der Waals surface area contributed by atoms with Crippen molar-refractivity contribution in [1.29, 1.82) is 0 Å². The summed E-state index contributed by atoms with van der Waals surface area (Å²) in [6.07, 6.45) is 0. The van der Waals surface area contributed by atoms with Gasteiger partial charge in [-0.05, 0) is 28.9 Å². The van der Waals surface area contributed by atoms with Gasteiger partial charge in [0.1, 0.15) is 0 Å². The Morgan fingerprint density at radius 1 is 1.64 bits per heavy atom. The Balaban J connectivity index is 3.29. The van der Waals surface area contributed by atoms with Crippen LogP contribution in [0.3, 0.4) is 0 Å². The topological polar surface area (TPSA) is 34.1 Å². The number of halogens is 2. The normalized spacial score (nSPS) is 11.9. The van der Waals surface area contributed by atoms with Crippen LogP contribution in [-0.2, 0) is 10.2 Å². The molecule has 1 aromatic heterocycles. The molecule has 0 saturated heterocycles. The second-order valence-electron chi connectivity index (χ2n) is 1.91. The van der Waals surface area contributed by atoms with Gasteiger partial charge in [0.2, 0.25) is 0 Å². The van der Waals surface area contributed by atoms with Gasteiger partial charge >= 0.3 is 10.2 Å². The van der Waals surface area contributed by atoms with Crippen molar-refractivity contribution in [2.75, 3.05) is 0 Å². The lowest BCUT2D eigenvalue weighted by Gasteiger charge is -1.82. The minimum Gasteiger partial charge on any atom is -0.188 e. The summed E-state index contributed by atoms with van der Waals surface area (Å²) in [5.41, 5.74) is 0. The van der Waals surface area contributed by atoms with E-state index in [0.717, 1.165) is 16.2 Å². The van der Waals surface area contributed by atoms with Crippen molar-refractivity contribution in [3.05, 3.63) is 15.4 Å². The lowest BCUT2D eigenvalue weighted by atomic mass is 10.5. The first-order valence-corrected chi connectivity index (χ1v) is 5.61. The van der Waals surface area contributed by atoms with E-state index in [1.165, 1.54) is 6.07 Å². The highest BCUT2D eigenvalue weighted by atomic mass is 79.9. The molecule has 11 heavy (non-hydrogen) atoms. The maximum atomic E-state index is 12.3. The summed E-state index contributed by atoms with van der Waals surface area (Å²) in [5, 5.41) is 0. The van der Waals surface area contributed by atoms with Gasteiger partial charge in [-0.2, -0.15) is 8.42 Å². The number of hydrogen-bond donors (Lipinski definition) is 0. The molecule has 6 heteroatoms. The van der Waals surface area contributed by atoms with Gasteiger partial charge in [0.15, 0.2) is 4.21 Å². The zero-order chi connectivity index (χ0) is 8.65. The number of hydrogen-bond acceptors (Lipinski definition) is 3. The Hall–Kier alpha value is 0.0600. The highest BCUT2D eigenvalue weighted by Crippen LogP contribution is 2.30. The van der Waals surface area contributed by atoms with Gasteiger partial charge < -0.3 is 0 Å². The van der Waals surface area contributed by atoms with E-state index < -0.39 is 10.2 Å². The van der Waals surface area contributed by atoms with E-state index >= 15 is 0 Å². The number of thiophene rings is 1. The molecule has 0 aliphatic heterocycles. The van der Waals surface area contributed by atoms with Gasteiger partial charge in [0.05, 0.1) is 0 Å². The summed E-state index contributed by atoms with van der Waals surface area (Å²) in [6.45, 7) is 1.71. The van der Waals surface area contributed by atoms with Gasteiger partial charge in [0.25, 0.3) is 0 Å². The molecule has 0 radical (unpaired) electrons. The van der Waals surface area contributed by atoms with Crippen LogP contribution in [0.25, 0.3) is 0 Å². The largest absolute Gasteiger partial charge is 0.341 e. The molecule has 0 fully saturated rings. The van der Waals surface area contributed by atoms with Crippen molar-refractivity contribution >= 4 is 37.5 Å². The van der Waals surface area contributed by atoms with Crippen LogP contribution in [0.15, 0.2) is 14.7 Å². The third kappa shape index (κ3) is 2.00. The highest BCUT2D eigenvalue weighted by Gasteiger charge is 2.16. The lowest BCUT2D eigenvalue weighted by Crippen LogP contribution is -1.85. The van der Waals surface area contributed by atoms with E-state index in [0.29, 0.717) is 4.47 Å². The summed E-state index contributed by atoms with van der Waals surface area (Å²) < 4.78 is 33.3. The first-order valence-electron chi connectivity index (χ1n) is 2.62. The van der Waals surface area contributed by atoms with Crippen molar-refractivity contribution in [3.63, 3.8) is 0 Å². The summed E-state index contributed by atoms with van der Waals surface area (Å²) in [4.78, 5) is 0.751. The van der Waals surface area contributed by atoms with Gasteiger partial charge in [0, 0.05) is 9.35 Å². The third-order valence-corrected chi connectivity index (χ3v) is 4.45. The highest BCUT2D eigenvalue weighted by molar-refractivity contribution is 9.10. The minimum atomic E-state index is -4.52. The lowest BCUT2D eigenvalue weighted by molar-refractivity contribution is 0.554. The Kier molecular flexibility index (Phi) is 2.36. The second kappa shape index (κ2) is 2.84. The summed E-state index contributed by atoms with van der Waals surface area (Å²) in [6, 6.07) is 1.26. The molecule has 1 heterocycles. The smallest absolute Gasteiger partial charge is 0.188 e. The molecule has 0 N–H and O–H groups in total. The molecule has 0 aromatic carbocycles. The van der Waals surface area contributed by atoms with Gasteiger partial charge in [-0.15, -0.1) is 11.3 Å². The third-order valence-electron chi connectivity index (χ3n) is 1.07. The molecule has 0 aliphatic rings. The van der Waals surface area contributed by atoms with Gasteiger partial charge in [-0.25, -0.2) is 0 Å². The van der Waals surface area contributed by atoms with Crippen molar-refractivity contribution in [2.24, 2.45) is 0 Å². The monoisotopic (exact) mass is 258 g/mol. The molecule has 0 amide bonds. The van der Waals surface area contributed by atoms with E-state index in [2.05, 4.69) is 15.9 Å². The average Bonchev–Trinajstić information content (AvgIpc) is 2.11. The van der Waals surface area contributed by atoms with Crippen LogP contribution >= 0.6 is 27.3 Å². The van der Waals surface area contributed by atoms with E-state index in [9.17, 15) is 12.3 Å². The van der Waals surface area contributed by atoms with Crippen LogP contribution in [0.2, 0.25) is 0 Å². The predicted octanol–water partition coefficient (Wildman–Crippen LogP) is 2.48. The summed E-state index contributed by atoms with van der Waals surface area (Å²) >= 11 is 4.00. The standard InChI is InChI=1S/C5H4BrFO2S2/c1-3-4(6)2-5(10-3)11(7,8)9/h2H,1H3. The quantitative estimate of drug-likeness (QED) is 0.726. The van der Waals surface area contributed by atoms with Crippen LogP contribution in [0.4, 0.5) is 3.89 Å². The zero-order valence-electron chi connectivity index (χ0n) is 5.47. The van der Waals surface area contributed by atoms with Crippen LogP contribution in [0.1, 0.15) is 4.88 Å². The van der Waals surface area contributed by atoms with E-state index in [1.807, 2.05) is 0 Å². The minimum absolute atomic E-state index is 0.248. The van der Waals surface area contributed by atoms with E-state index in [4.69, 9.17) is 0 Å². The molecule has 2 nitrogen and oxygen atoms in total. The first-order chi connectivity index (χ1) is 4.91. The fraction of sp³-hybridized carbons (Fsp3) is 0.200. The Morgan fingerprint density at radius 2 is 2.18 bits per heavy atom. The van der Waals surface area contributed by atoms with Crippen LogP contribution in [0.5, 0.6) is 0 Å². The molecule has 0 spiro atoms. The van der Waals surface area contributed by atoms with Crippen molar-refractivity contribution in [2.45, 2.75) is 11.1 Å². The van der Waals surface area contributed by atoms with Gasteiger partial charge in [-0.3, -0.25) is 0 Å². The van der Waals surface area contributed by atoms with Crippen molar-refractivity contribution in [3.8, 4) is 0 Å². The molecule has 62 valence electrons. The fourth-order valence-electron chi connectivity index (χ4n) is 0.554. The molecule has 0 bridgehead atoms. The second-order valence-corrected chi connectivity index (χ2v) is 5.59. The molecule has 0 atom stereocenters. The predicted molar refractivity (Wildman–Crippen MR) is 45.0 cm³/mol. The Bertz CT molecular complexity index is 348.